The van der Waals surface area contributed by atoms with Gasteiger partial charge >= 0.3 is 0 Å². The van der Waals surface area contributed by atoms with Crippen LogP contribution in [0.1, 0.15) is 38.5 Å². The number of nitrogens with zero attached hydrogens (tertiary/aromatic N) is 2. The van der Waals surface area contributed by atoms with Crippen molar-refractivity contribution in [3.63, 3.8) is 0 Å². The Hall–Kier alpha value is -4.78. The number of hydrogen-bond donors (Lipinski definition) is 1. The third-order valence-corrected chi connectivity index (χ3v) is 9.84. The van der Waals surface area contributed by atoms with E-state index in [1.165, 1.54) is 11.0 Å². The molecule has 1 saturated heterocycles. The fourth-order valence-corrected chi connectivity index (χ4v) is 8.12. The van der Waals surface area contributed by atoms with E-state index in [9.17, 15) is 14.4 Å². The van der Waals surface area contributed by atoms with Gasteiger partial charge in [-0.1, -0.05) is 108 Å². The predicted octanol–water partition coefficient (Wildman–Crippen LogP) is 7.11. The van der Waals surface area contributed by atoms with Gasteiger partial charge in [-0.2, -0.15) is 5.10 Å². The number of nitrogens with one attached hydrogen (secondary N) is 1. The summed E-state index contributed by atoms with van der Waals surface area (Å²) < 4.78 is 0. The second-order valence-corrected chi connectivity index (χ2v) is 12.2. The molecule has 1 fully saturated rings. The number of hydrazone groups is 1. The van der Waals surface area contributed by atoms with Gasteiger partial charge in [0.05, 0.1) is 28.0 Å². The summed E-state index contributed by atoms with van der Waals surface area (Å²) in [7, 11) is 0. The smallest absolute Gasteiger partial charge is 0.271 e. The fraction of sp³-hybridized carbons (Fsp3) is 0.111. The topological polar surface area (TPSA) is 78.8 Å². The number of carbonyl (C=O) groups excluding carboxylic acids is 3. The summed E-state index contributed by atoms with van der Waals surface area (Å²) in [4.78, 5) is 43.5. The summed E-state index contributed by atoms with van der Waals surface area (Å²) in [6.45, 7) is 0. The Bertz CT molecular complexity index is 2040. The third-order valence-electron chi connectivity index (χ3n) is 9.30. The summed E-state index contributed by atoms with van der Waals surface area (Å²) in [5.74, 6) is -2.91. The largest absolute Gasteiger partial charge is 0.274 e. The molecule has 1 N–H and O–H groups in total. The van der Waals surface area contributed by atoms with Gasteiger partial charge < -0.3 is 0 Å². The molecular weight excluding hydrogens is 593 g/mol. The molecule has 4 aliphatic rings. The number of imide groups is 1. The molecule has 6 nitrogen and oxygen atoms in total. The van der Waals surface area contributed by atoms with Crippen LogP contribution in [0.3, 0.4) is 0 Å². The van der Waals surface area contributed by atoms with Crippen LogP contribution in [0.15, 0.2) is 114 Å². The quantitative estimate of drug-likeness (QED) is 0.133. The van der Waals surface area contributed by atoms with E-state index in [-0.39, 0.29) is 28.7 Å². The number of carbonyl (C=O) groups is 3. The van der Waals surface area contributed by atoms with Crippen LogP contribution in [0.25, 0.3) is 10.8 Å². The highest BCUT2D eigenvalue weighted by atomic mass is 35.5. The van der Waals surface area contributed by atoms with Gasteiger partial charge in [-0.25, -0.2) is 10.3 Å². The summed E-state index contributed by atoms with van der Waals surface area (Å²) in [5, 5.41) is 6.90. The Kier molecular flexibility index (Phi) is 6.02. The first-order valence-corrected chi connectivity index (χ1v) is 15.0. The minimum Gasteiger partial charge on any atom is -0.274 e. The molecular formula is C36H23Cl2N3O3. The van der Waals surface area contributed by atoms with E-state index < -0.39 is 17.3 Å². The van der Waals surface area contributed by atoms with E-state index in [0.29, 0.717) is 16.3 Å². The fourth-order valence-electron chi connectivity index (χ4n) is 7.63. The van der Waals surface area contributed by atoms with Crippen molar-refractivity contribution in [2.75, 3.05) is 4.90 Å². The number of rotatable bonds is 4. The molecule has 2 atom stereocenters. The maximum Gasteiger partial charge on any atom is 0.271 e. The average Bonchev–Trinajstić information content (AvgIpc) is 3.31. The van der Waals surface area contributed by atoms with Crippen LogP contribution in [0.2, 0.25) is 10.0 Å². The van der Waals surface area contributed by atoms with E-state index in [1.807, 2.05) is 84.9 Å². The van der Waals surface area contributed by atoms with Crippen LogP contribution in [-0.2, 0) is 15.0 Å². The third kappa shape index (κ3) is 3.62. The summed E-state index contributed by atoms with van der Waals surface area (Å²) in [6, 6.07) is 33.7. The van der Waals surface area contributed by atoms with Crippen LogP contribution < -0.4 is 10.3 Å². The zero-order valence-electron chi connectivity index (χ0n) is 23.1. The summed E-state index contributed by atoms with van der Waals surface area (Å²) in [6.07, 6.45) is 1.65. The van der Waals surface area contributed by atoms with Gasteiger partial charge in [0.25, 0.3) is 5.91 Å². The summed E-state index contributed by atoms with van der Waals surface area (Å²) in [5.41, 5.74) is 6.08. The number of halogens is 2. The lowest BCUT2D eigenvalue weighted by Crippen LogP contribution is -2.54. The number of amides is 3. The van der Waals surface area contributed by atoms with Crippen molar-refractivity contribution in [3.05, 3.63) is 147 Å². The van der Waals surface area contributed by atoms with Gasteiger partial charge in [-0.3, -0.25) is 14.4 Å². The second kappa shape index (κ2) is 9.88. The molecule has 2 bridgehead atoms. The predicted molar refractivity (Wildman–Crippen MR) is 171 cm³/mol. The van der Waals surface area contributed by atoms with Crippen LogP contribution in [0, 0.1) is 11.8 Å². The zero-order valence-corrected chi connectivity index (χ0v) is 24.6. The molecule has 5 aromatic carbocycles. The Morgan fingerprint density at radius 2 is 1.45 bits per heavy atom. The van der Waals surface area contributed by atoms with E-state index in [2.05, 4.69) is 10.5 Å². The van der Waals surface area contributed by atoms with Crippen molar-refractivity contribution in [2.24, 2.45) is 16.9 Å². The molecule has 3 aliphatic carbocycles. The van der Waals surface area contributed by atoms with Gasteiger partial charge in [0.1, 0.15) is 0 Å². The SMILES string of the molecule is O=C(N/N=C\C12c3ccccc3C(c3ccccc31)[C@@H]1C(=O)N(c3ccc(Cl)cc3Cl)C(=O)[C@@H]12)c1cccc2ccccc12. The molecule has 1 heterocycles. The number of hydrogen-bond acceptors (Lipinski definition) is 4. The maximum atomic E-state index is 14.5. The van der Waals surface area contributed by atoms with Crippen LogP contribution in [-0.4, -0.2) is 23.9 Å². The van der Waals surface area contributed by atoms with Gasteiger partial charge in [0.2, 0.25) is 11.8 Å². The van der Waals surface area contributed by atoms with Crippen molar-refractivity contribution >= 4 is 63.6 Å². The highest BCUT2D eigenvalue weighted by Gasteiger charge is 2.68. The Labute approximate surface area is 262 Å². The van der Waals surface area contributed by atoms with Crippen molar-refractivity contribution in [2.45, 2.75) is 11.3 Å². The molecule has 0 spiro atoms. The minimum atomic E-state index is -1.13. The normalized spacial score (nSPS) is 23.1. The number of anilines is 1. The lowest BCUT2D eigenvalue weighted by Gasteiger charge is -2.52. The van der Waals surface area contributed by atoms with Crippen molar-refractivity contribution < 1.29 is 14.4 Å². The van der Waals surface area contributed by atoms with Crippen LogP contribution in [0.5, 0.6) is 0 Å². The first kappa shape index (κ1) is 26.8. The van der Waals surface area contributed by atoms with Gasteiger partial charge in [-0.05, 0) is 57.3 Å². The molecule has 5 aromatic rings. The molecule has 0 saturated carbocycles. The monoisotopic (exact) mass is 615 g/mol. The number of fused-ring (bicyclic) bond motifs is 1. The molecule has 0 radical (unpaired) electrons. The first-order chi connectivity index (χ1) is 21.4. The van der Waals surface area contributed by atoms with Crippen molar-refractivity contribution in [1.29, 1.82) is 0 Å². The lowest BCUT2D eigenvalue weighted by molar-refractivity contribution is -0.122. The van der Waals surface area contributed by atoms with Crippen LogP contribution in [0.4, 0.5) is 5.69 Å². The number of benzene rings is 5. The summed E-state index contributed by atoms with van der Waals surface area (Å²) >= 11 is 12.7. The van der Waals surface area contributed by atoms with Crippen molar-refractivity contribution in [3.8, 4) is 0 Å². The lowest BCUT2D eigenvalue weighted by atomic mass is 9.47. The van der Waals surface area contributed by atoms with Gasteiger partial charge in [0, 0.05) is 22.7 Å². The highest BCUT2D eigenvalue weighted by molar-refractivity contribution is 6.38. The highest BCUT2D eigenvalue weighted by Crippen LogP contribution is 2.63. The molecule has 214 valence electrons. The Morgan fingerprint density at radius 1 is 0.795 bits per heavy atom. The zero-order chi connectivity index (χ0) is 30.2. The minimum absolute atomic E-state index is 0.213. The Balaban J connectivity index is 1.29. The van der Waals surface area contributed by atoms with Gasteiger partial charge in [0.15, 0.2) is 0 Å². The molecule has 0 aromatic heterocycles. The molecule has 8 heteroatoms. The average molecular weight is 617 g/mol. The first-order valence-electron chi connectivity index (χ1n) is 14.3. The van der Waals surface area contributed by atoms with E-state index in [1.54, 1.807) is 24.4 Å². The van der Waals surface area contributed by atoms with E-state index in [0.717, 1.165) is 33.0 Å². The molecule has 0 unspecified atom stereocenters. The standard InChI is InChI=1S/C36H23Cl2N3O3/c37-21-16-17-29(28(38)18-21)41-34(43)31-30-24-11-3-5-14-26(24)36(32(31)35(41)44,27-15-6-4-12-25(27)30)19-39-40-33(42)23-13-7-9-20-8-1-2-10-22(20)23/h1-19,30-32H,(H,40,42)/b39-19-/t30?,31-,32+,36?/m0/s1. The second-order valence-electron chi connectivity index (χ2n) is 11.4. The molecule has 1 aliphatic heterocycles. The van der Waals surface area contributed by atoms with E-state index >= 15 is 0 Å². The maximum absolute atomic E-state index is 14.5. The van der Waals surface area contributed by atoms with Crippen molar-refractivity contribution in [1.82, 2.24) is 5.43 Å². The molecule has 9 rings (SSSR count). The van der Waals surface area contributed by atoms with E-state index in [4.69, 9.17) is 23.2 Å². The molecule has 3 amide bonds. The van der Waals surface area contributed by atoms with Crippen LogP contribution >= 0.6 is 23.2 Å². The Morgan fingerprint density at radius 3 is 2.18 bits per heavy atom. The molecule has 44 heavy (non-hydrogen) atoms. The van der Waals surface area contributed by atoms with Gasteiger partial charge in [-0.15, -0.1) is 0 Å².